The van der Waals surface area contributed by atoms with Crippen LogP contribution in [0, 0.1) is 0 Å². The Labute approximate surface area is 271 Å². The van der Waals surface area contributed by atoms with Crippen molar-refractivity contribution in [3.05, 3.63) is 131 Å². The lowest BCUT2D eigenvalue weighted by Crippen LogP contribution is -2.26. The molecular weight excluding hydrogens is 613 g/mol. The van der Waals surface area contributed by atoms with Gasteiger partial charge in [-0.05, 0) is 53.1 Å². The number of aryl methyl sites for hydroxylation is 1. The maximum atomic E-state index is 13.2. The lowest BCUT2D eigenvalue weighted by Gasteiger charge is -2.18. The molecule has 0 aliphatic rings. The van der Waals surface area contributed by atoms with Crippen molar-refractivity contribution in [1.29, 1.82) is 0 Å². The molecule has 0 bridgehead atoms. The van der Waals surface area contributed by atoms with Crippen molar-refractivity contribution in [2.24, 2.45) is 0 Å². The fraction of sp³-hybridized carbons (Fsp3) is 0.108. The molecule has 7 rings (SSSR count). The van der Waals surface area contributed by atoms with E-state index in [2.05, 4.69) is 22.1 Å². The van der Waals surface area contributed by atoms with Crippen molar-refractivity contribution in [3.8, 4) is 22.3 Å². The van der Waals surface area contributed by atoms with Gasteiger partial charge in [0.2, 0.25) is 5.91 Å². The molecule has 0 saturated carbocycles. The highest BCUT2D eigenvalue weighted by Crippen LogP contribution is 2.41. The van der Waals surface area contributed by atoms with E-state index in [9.17, 15) is 13.2 Å². The second-order valence-electron chi connectivity index (χ2n) is 11.1. The van der Waals surface area contributed by atoms with Gasteiger partial charge < -0.3 is 9.88 Å². The number of H-pyrrole nitrogens is 1. The number of sulfone groups is 1. The number of fused-ring (bicyclic) bond motifs is 3. The van der Waals surface area contributed by atoms with E-state index in [1.54, 1.807) is 53.7 Å². The highest BCUT2D eigenvalue weighted by Gasteiger charge is 2.20. The van der Waals surface area contributed by atoms with Gasteiger partial charge in [-0.3, -0.25) is 4.79 Å². The number of hydrogen-bond donors (Lipinski definition) is 1. The number of carbonyl (C=O) groups excluding carboxylic acids is 1. The monoisotopic (exact) mass is 642 g/mol. The molecule has 1 amide bonds. The molecule has 7 aromatic rings. The van der Waals surface area contributed by atoms with Crippen molar-refractivity contribution in [2.75, 3.05) is 11.9 Å². The number of carbonyl (C=O) groups is 1. The number of nitrogens with zero attached hydrogens (tertiary/aromatic N) is 3. The summed E-state index contributed by atoms with van der Waals surface area (Å²) in [5, 5.41) is 4.71. The number of nitrogens with one attached hydrogen (secondary N) is 1. The van der Waals surface area contributed by atoms with Crippen molar-refractivity contribution in [2.45, 2.75) is 23.5 Å². The molecule has 7 nitrogen and oxygen atoms in total. The zero-order valence-electron chi connectivity index (χ0n) is 25.1. The first-order chi connectivity index (χ1) is 22.4. The predicted octanol–water partition coefficient (Wildman–Crippen LogP) is 8.08. The molecule has 1 N–H and O–H groups in total. The summed E-state index contributed by atoms with van der Waals surface area (Å²) in [6.45, 7) is 0. The lowest BCUT2D eigenvalue weighted by molar-refractivity contribution is -0.118. The van der Waals surface area contributed by atoms with Crippen LogP contribution in [0.4, 0.5) is 5.69 Å². The van der Waals surface area contributed by atoms with Gasteiger partial charge in [-0.2, -0.15) is 0 Å². The first-order valence-electron chi connectivity index (χ1n) is 14.9. The molecule has 0 spiro atoms. The van der Waals surface area contributed by atoms with Crippen molar-refractivity contribution in [1.82, 2.24) is 15.0 Å². The van der Waals surface area contributed by atoms with Crippen molar-refractivity contribution < 1.29 is 13.2 Å². The summed E-state index contributed by atoms with van der Waals surface area (Å²) in [5.74, 6) is -0.0785. The number of hydrogen-bond acceptors (Lipinski definition) is 6. The molecule has 46 heavy (non-hydrogen) atoms. The number of aromatic amines is 1. The summed E-state index contributed by atoms with van der Waals surface area (Å²) in [6, 6.07) is 32.4. The Morgan fingerprint density at radius 3 is 2.33 bits per heavy atom. The number of anilines is 1. The van der Waals surface area contributed by atoms with Crippen LogP contribution in [-0.2, 0) is 26.8 Å². The molecule has 0 atom stereocenters. The van der Waals surface area contributed by atoms with Crippen molar-refractivity contribution in [3.63, 3.8) is 0 Å². The molecular formula is C37H30N4O3S2. The molecule has 0 saturated heterocycles. The van der Waals surface area contributed by atoms with Crippen LogP contribution in [0.15, 0.2) is 126 Å². The molecule has 9 heteroatoms. The third-order valence-corrected chi connectivity index (χ3v) is 10.7. The third-order valence-electron chi connectivity index (χ3n) is 8.18. The maximum absolute atomic E-state index is 13.2. The smallest absolute Gasteiger partial charge is 0.227 e. The van der Waals surface area contributed by atoms with E-state index in [1.807, 2.05) is 78.3 Å². The molecule has 0 aliphatic carbocycles. The fourth-order valence-electron chi connectivity index (χ4n) is 5.81. The van der Waals surface area contributed by atoms with Gasteiger partial charge in [0.05, 0.1) is 15.7 Å². The van der Waals surface area contributed by atoms with Crippen LogP contribution in [-0.4, -0.2) is 36.3 Å². The van der Waals surface area contributed by atoms with Crippen LogP contribution < -0.4 is 4.90 Å². The van der Waals surface area contributed by atoms with Gasteiger partial charge >= 0.3 is 0 Å². The van der Waals surface area contributed by atoms with Crippen LogP contribution in [0.5, 0.6) is 0 Å². The Hall–Kier alpha value is -5.12. The van der Waals surface area contributed by atoms with E-state index in [4.69, 9.17) is 4.98 Å². The highest BCUT2D eigenvalue weighted by molar-refractivity contribution is 7.90. The standard InChI is InChI=1S/C37H30N4O3S2/c1-41(34(42)19-18-33-38-20-21-45-33)28-15-13-26(14-16-28)31-23-39-37-36(35(31)27-8-4-2-5-9-27)30-22-25(12-17-32(30)40-37)24-46(43,44)29-10-6-3-7-11-29/h2-17,20-23H,18-19,24H2,1H3,(H,39,40). The van der Waals surface area contributed by atoms with Gasteiger partial charge in [-0.25, -0.2) is 18.4 Å². The SMILES string of the molecule is CN(C(=O)CCc1nccs1)c1ccc(-c2cnc3[nH]c4ccc(CS(=O)(=O)c5ccccc5)cc4c3c2-c2ccccc2)cc1. The zero-order chi connectivity index (χ0) is 31.7. The highest BCUT2D eigenvalue weighted by atomic mass is 32.2. The largest absolute Gasteiger partial charge is 0.339 e. The molecule has 4 aromatic carbocycles. The maximum Gasteiger partial charge on any atom is 0.227 e. The molecule has 3 heterocycles. The van der Waals surface area contributed by atoms with Gasteiger partial charge in [-0.15, -0.1) is 11.3 Å². The summed E-state index contributed by atoms with van der Waals surface area (Å²) in [7, 11) is -1.73. The molecule has 0 unspecified atom stereocenters. The van der Waals surface area contributed by atoms with E-state index in [1.165, 1.54) is 0 Å². The number of aromatic nitrogens is 3. The van der Waals surface area contributed by atoms with E-state index < -0.39 is 9.84 Å². The van der Waals surface area contributed by atoms with E-state index in [0.717, 1.165) is 54.9 Å². The molecule has 0 aliphatic heterocycles. The Bertz CT molecular complexity index is 2270. The van der Waals surface area contributed by atoms with Crippen LogP contribution in [0.2, 0.25) is 0 Å². The number of pyridine rings is 1. The second kappa shape index (κ2) is 12.3. The first-order valence-corrected chi connectivity index (χ1v) is 17.4. The number of thiazole rings is 1. The zero-order valence-corrected chi connectivity index (χ0v) is 26.7. The minimum Gasteiger partial charge on any atom is -0.339 e. The molecule has 0 radical (unpaired) electrons. The first kappa shape index (κ1) is 29.6. The topological polar surface area (TPSA) is 96.0 Å². The quantitative estimate of drug-likeness (QED) is 0.172. The number of amides is 1. The summed E-state index contributed by atoms with van der Waals surface area (Å²) < 4.78 is 26.5. The van der Waals surface area contributed by atoms with Gasteiger partial charge in [0.1, 0.15) is 5.65 Å². The Morgan fingerprint density at radius 2 is 1.61 bits per heavy atom. The molecule has 3 aromatic heterocycles. The lowest BCUT2D eigenvalue weighted by atomic mass is 9.92. The van der Waals surface area contributed by atoms with E-state index in [0.29, 0.717) is 23.3 Å². The summed E-state index contributed by atoms with van der Waals surface area (Å²) in [5.41, 5.74) is 7.03. The van der Waals surface area contributed by atoms with Gasteiger partial charge in [0, 0.05) is 70.8 Å². The van der Waals surface area contributed by atoms with Crippen LogP contribution in [0.3, 0.4) is 0 Å². The predicted molar refractivity (Wildman–Crippen MR) is 186 cm³/mol. The Kier molecular flexibility index (Phi) is 7.94. The normalized spacial score (nSPS) is 11.7. The van der Waals surface area contributed by atoms with Crippen LogP contribution in [0.25, 0.3) is 44.2 Å². The second-order valence-corrected chi connectivity index (χ2v) is 14.1. The Morgan fingerprint density at radius 1 is 0.870 bits per heavy atom. The average molecular weight is 643 g/mol. The fourth-order valence-corrected chi connectivity index (χ4v) is 7.79. The Balaban J connectivity index is 1.28. The van der Waals surface area contributed by atoms with E-state index in [-0.39, 0.29) is 11.7 Å². The summed E-state index contributed by atoms with van der Waals surface area (Å²) >= 11 is 1.56. The summed E-state index contributed by atoms with van der Waals surface area (Å²) in [6.07, 6.45) is 4.64. The van der Waals surface area contributed by atoms with Gasteiger partial charge in [0.15, 0.2) is 9.84 Å². The van der Waals surface area contributed by atoms with Crippen LogP contribution in [0.1, 0.15) is 17.0 Å². The third kappa shape index (κ3) is 5.82. The van der Waals surface area contributed by atoms with Crippen LogP contribution >= 0.6 is 11.3 Å². The molecule has 0 fully saturated rings. The average Bonchev–Trinajstić information content (AvgIpc) is 3.75. The minimum atomic E-state index is -3.52. The number of benzene rings is 4. The van der Waals surface area contributed by atoms with Gasteiger partial charge in [-0.1, -0.05) is 66.7 Å². The minimum absolute atomic E-state index is 0.0277. The van der Waals surface area contributed by atoms with E-state index >= 15 is 0 Å². The molecule has 228 valence electrons. The van der Waals surface area contributed by atoms with Gasteiger partial charge in [0.25, 0.3) is 0 Å². The number of rotatable bonds is 9. The summed E-state index contributed by atoms with van der Waals surface area (Å²) in [4.78, 5) is 27.5. The van der Waals surface area contributed by atoms with Crippen molar-refractivity contribution >= 4 is 54.7 Å².